The molecule has 0 saturated carbocycles. The van der Waals surface area contributed by atoms with Crippen LogP contribution in [0.15, 0.2) is 24.3 Å². The van der Waals surface area contributed by atoms with Gasteiger partial charge in [-0.3, -0.25) is 0 Å². The Morgan fingerprint density at radius 2 is 1.77 bits per heavy atom. The van der Waals surface area contributed by atoms with Crippen LogP contribution >= 0.6 is 15.9 Å². The van der Waals surface area contributed by atoms with Gasteiger partial charge in [-0.1, -0.05) is 45.0 Å². The van der Waals surface area contributed by atoms with Crippen LogP contribution in [0.3, 0.4) is 0 Å². The predicted molar refractivity (Wildman–Crippen MR) is 57.9 cm³/mol. The normalized spacial score (nSPS) is 14.2. The molecule has 0 nitrogen and oxygen atoms in total. The van der Waals surface area contributed by atoms with E-state index in [4.69, 9.17) is 0 Å². The van der Waals surface area contributed by atoms with E-state index in [9.17, 15) is 4.39 Å². The van der Waals surface area contributed by atoms with Gasteiger partial charge in [-0.15, -0.1) is 0 Å². The molecule has 0 fully saturated rings. The van der Waals surface area contributed by atoms with Crippen molar-refractivity contribution in [1.82, 2.24) is 0 Å². The third-order valence-corrected chi connectivity index (χ3v) is 2.50. The molecule has 1 atom stereocenters. The highest BCUT2D eigenvalue weighted by molar-refractivity contribution is 9.09. The zero-order valence-corrected chi connectivity index (χ0v) is 9.73. The van der Waals surface area contributed by atoms with Crippen LogP contribution in [0.4, 0.5) is 4.39 Å². The van der Waals surface area contributed by atoms with Crippen molar-refractivity contribution in [1.29, 1.82) is 0 Å². The first kappa shape index (κ1) is 10.7. The molecule has 0 aromatic heterocycles. The fraction of sp³-hybridized carbons (Fsp3) is 0.455. The lowest BCUT2D eigenvalue weighted by Crippen LogP contribution is -2.13. The highest BCUT2D eigenvalue weighted by Crippen LogP contribution is 2.33. The van der Waals surface area contributed by atoms with Gasteiger partial charge < -0.3 is 0 Å². The third-order valence-electron chi connectivity index (χ3n) is 2.00. The molecule has 1 unspecified atom stereocenters. The molecule has 13 heavy (non-hydrogen) atoms. The average Bonchev–Trinajstić information content (AvgIpc) is 2.03. The summed E-state index contributed by atoms with van der Waals surface area (Å²) in [4.78, 5) is 0. The molecule has 0 aliphatic carbocycles. The maximum absolute atomic E-state index is 13.1. The Morgan fingerprint density at radius 1 is 1.23 bits per heavy atom. The van der Waals surface area contributed by atoms with E-state index < -0.39 is 5.08 Å². The molecule has 0 aliphatic heterocycles. The van der Waals surface area contributed by atoms with E-state index in [1.54, 1.807) is 0 Å². The zero-order valence-electron chi connectivity index (χ0n) is 8.14. The summed E-state index contributed by atoms with van der Waals surface area (Å²) < 4.78 is 13.1. The molecule has 1 aromatic rings. The molecule has 0 saturated heterocycles. The SMILES string of the molecule is CC(C)(C)c1ccccc1C(F)Br. The van der Waals surface area contributed by atoms with Crippen molar-refractivity contribution in [3.8, 4) is 0 Å². The molecule has 0 amide bonds. The van der Waals surface area contributed by atoms with Crippen molar-refractivity contribution in [3.05, 3.63) is 35.4 Å². The Hall–Kier alpha value is -0.370. The molecule has 72 valence electrons. The second-order valence-corrected chi connectivity index (χ2v) is 4.94. The van der Waals surface area contributed by atoms with Gasteiger partial charge in [0.15, 0.2) is 5.08 Å². The lowest BCUT2D eigenvalue weighted by atomic mass is 9.84. The predicted octanol–water partition coefficient (Wildman–Crippen LogP) is 4.35. The minimum absolute atomic E-state index is 0.00525. The third kappa shape index (κ3) is 2.53. The summed E-state index contributed by atoms with van der Waals surface area (Å²) in [5.41, 5.74) is 1.78. The quantitative estimate of drug-likeness (QED) is 0.645. The van der Waals surface area contributed by atoms with Crippen LogP contribution in [0.5, 0.6) is 0 Å². The van der Waals surface area contributed by atoms with Gasteiger partial charge in [-0.2, -0.15) is 0 Å². The number of hydrogen-bond donors (Lipinski definition) is 0. The van der Waals surface area contributed by atoms with E-state index in [0.717, 1.165) is 11.1 Å². The second kappa shape index (κ2) is 3.79. The second-order valence-electron chi connectivity index (χ2n) is 4.14. The van der Waals surface area contributed by atoms with Gasteiger partial charge in [0, 0.05) is 5.56 Å². The summed E-state index contributed by atoms with van der Waals surface area (Å²) in [6.07, 6.45) is 0. The molecule has 2 heteroatoms. The molecule has 0 heterocycles. The molecule has 0 bridgehead atoms. The number of halogens is 2. The highest BCUT2D eigenvalue weighted by Gasteiger charge is 2.20. The van der Waals surface area contributed by atoms with Crippen molar-refractivity contribution in [2.24, 2.45) is 0 Å². The van der Waals surface area contributed by atoms with E-state index in [1.165, 1.54) is 0 Å². The summed E-state index contributed by atoms with van der Waals surface area (Å²) in [5, 5.41) is -1.07. The first-order chi connectivity index (χ1) is 5.93. The molecular weight excluding hydrogens is 231 g/mol. The van der Waals surface area contributed by atoms with Gasteiger partial charge >= 0.3 is 0 Å². The Morgan fingerprint density at radius 3 is 2.15 bits per heavy atom. The summed E-state index contributed by atoms with van der Waals surface area (Å²) in [7, 11) is 0. The maximum atomic E-state index is 13.1. The fourth-order valence-electron chi connectivity index (χ4n) is 1.37. The average molecular weight is 245 g/mol. The molecule has 0 N–H and O–H groups in total. The monoisotopic (exact) mass is 244 g/mol. The van der Waals surface area contributed by atoms with Crippen LogP contribution in [-0.2, 0) is 5.41 Å². The smallest absolute Gasteiger partial charge is 0.180 e. The van der Waals surface area contributed by atoms with Crippen LogP contribution in [0.1, 0.15) is 37.0 Å². The molecule has 1 aromatic carbocycles. The van der Waals surface area contributed by atoms with Crippen molar-refractivity contribution in [3.63, 3.8) is 0 Å². The molecule has 0 aliphatic rings. The summed E-state index contributed by atoms with van der Waals surface area (Å²) in [6.45, 7) is 6.25. The Labute approximate surface area is 87.3 Å². The van der Waals surface area contributed by atoms with Crippen LogP contribution in [0.25, 0.3) is 0 Å². The van der Waals surface area contributed by atoms with Gasteiger partial charge in [-0.25, -0.2) is 4.39 Å². The largest absolute Gasteiger partial charge is 0.230 e. The summed E-state index contributed by atoms with van der Waals surface area (Å²) in [6, 6.07) is 7.60. The minimum Gasteiger partial charge on any atom is -0.230 e. The van der Waals surface area contributed by atoms with Crippen LogP contribution in [0, 0.1) is 0 Å². The van der Waals surface area contributed by atoms with Gasteiger partial charge in [0.2, 0.25) is 0 Å². The van der Waals surface area contributed by atoms with Crippen molar-refractivity contribution < 1.29 is 4.39 Å². The Balaban J connectivity index is 3.20. The van der Waals surface area contributed by atoms with Crippen molar-refractivity contribution >= 4 is 15.9 Å². The number of alkyl halides is 2. The van der Waals surface area contributed by atoms with Crippen LogP contribution in [-0.4, -0.2) is 0 Å². The molecule has 1 rings (SSSR count). The maximum Gasteiger partial charge on any atom is 0.180 e. The lowest BCUT2D eigenvalue weighted by molar-refractivity contribution is 0.465. The topological polar surface area (TPSA) is 0 Å². The van der Waals surface area contributed by atoms with Gasteiger partial charge in [0.05, 0.1) is 0 Å². The molecular formula is C11H14BrF. The van der Waals surface area contributed by atoms with E-state index in [1.807, 2.05) is 24.3 Å². The Bertz CT molecular complexity index is 286. The minimum atomic E-state index is -1.07. The van der Waals surface area contributed by atoms with Gasteiger partial charge in [0.1, 0.15) is 0 Å². The summed E-state index contributed by atoms with van der Waals surface area (Å²) >= 11 is 2.96. The van der Waals surface area contributed by atoms with E-state index in [-0.39, 0.29) is 5.41 Å². The van der Waals surface area contributed by atoms with E-state index in [2.05, 4.69) is 36.7 Å². The van der Waals surface area contributed by atoms with Crippen LogP contribution in [0.2, 0.25) is 0 Å². The van der Waals surface area contributed by atoms with Crippen molar-refractivity contribution in [2.45, 2.75) is 31.3 Å². The first-order valence-corrected chi connectivity index (χ1v) is 5.22. The number of hydrogen-bond acceptors (Lipinski definition) is 0. The first-order valence-electron chi connectivity index (χ1n) is 4.30. The number of rotatable bonds is 1. The van der Waals surface area contributed by atoms with Gasteiger partial charge in [-0.05, 0) is 26.9 Å². The van der Waals surface area contributed by atoms with E-state index in [0.29, 0.717) is 0 Å². The fourth-order valence-corrected chi connectivity index (χ4v) is 1.77. The number of benzene rings is 1. The standard InChI is InChI=1S/C11H14BrF/c1-11(2,3)9-7-5-4-6-8(9)10(12)13/h4-7,10H,1-3H3. The zero-order chi connectivity index (χ0) is 10.1. The Kier molecular flexibility index (Phi) is 3.12. The van der Waals surface area contributed by atoms with Gasteiger partial charge in [0.25, 0.3) is 0 Å². The molecule has 0 spiro atoms. The lowest BCUT2D eigenvalue weighted by Gasteiger charge is -2.22. The molecule has 0 radical (unpaired) electrons. The van der Waals surface area contributed by atoms with Crippen LogP contribution < -0.4 is 0 Å². The highest BCUT2D eigenvalue weighted by atomic mass is 79.9. The van der Waals surface area contributed by atoms with Crippen molar-refractivity contribution in [2.75, 3.05) is 0 Å². The summed E-state index contributed by atoms with van der Waals surface area (Å²) in [5.74, 6) is 0. The van der Waals surface area contributed by atoms with E-state index >= 15 is 0 Å².